The third-order valence-corrected chi connectivity index (χ3v) is 3.61. The Balaban J connectivity index is 1.77. The first-order valence-corrected chi connectivity index (χ1v) is 7.79. The van der Waals surface area contributed by atoms with E-state index in [1.807, 2.05) is 25.2 Å². The maximum atomic E-state index is 12.0. The topological polar surface area (TPSA) is 58.6 Å². The molecule has 0 atom stereocenters. The Morgan fingerprint density at radius 2 is 1.71 bits per heavy atom. The summed E-state index contributed by atoms with van der Waals surface area (Å²) in [5.41, 5.74) is 2.34. The fourth-order valence-electron chi connectivity index (χ4n) is 2.30. The van der Waals surface area contributed by atoms with E-state index in [9.17, 15) is 9.59 Å². The Morgan fingerprint density at radius 1 is 1.04 bits per heavy atom. The molecular formula is C19H22N2O3. The van der Waals surface area contributed by atoms with Crippen LogP contribution in [0.3, 0.4) is 0 Å². The van der Waals surface area contributed by atoms with E-state index in [4.69, 9.17) is 0 Å². The smallest absolute Gasteiger partial charge is 0.337 e. The predicted octanol–water partition coefficient (Wildman–Crippen LogP) is 2.93. The monoisotopic (exact) mass is 326 g/mol. The molecule has 0 radical (unpaired) electrons. The van der Waals surface area contributed by atoms with Crippen molar-refractivity contribution < 1.29 is 14.3 Å². The van der Waals surface area contributed by atoms with Crippen molar-refractivity contribution >= 4 is 17.6 Å². The normalized spacial score (nSPS) is 10.5. The highest BCUT2D eigenvalue weighted by molar-refractivity contribution is 5.93. The van der Waals surface area contributed by atoms with Crippen molar-refractivity contribution in [2.45, 2.75) is 13.0 Å². The van der Waals surface area contributed by atoms with Crippen LogP contribution in [0.1, 0.15) is 22.3 Å². The third kappa shape index (κ3) is 5.52. The minimum Gasteiger partial charge on any atom is -0.465 e. The molecule has 5 heteroatoms. The fourth-order valence-corrected chi connectivity index (χ4v) is 2.30. The first-order chi connectivity index (χ1) is 11.6. The molecule has 0 heterocycles. The molecule has 2 rings (SSSR count). The number of hydrogen-bond acceptors (Lipinski definition) is 4. The molecule has 1 amide bonds. The lowest BCUT2D eigenvalue weighted by molar-refractivity contribution is -0.116. The van der Waals surface area contributed by atoms with Crippen LogP contribution in [0.25, 0.3) is 0 Å². The summed E-state index contributed by atoms with van der Waals surface area (Å²) in [5.74, 6) is -0.448. The van der Waals surface area contributed by atoms with Crippen LogP contribution in [0.5, 0.6) is 0 Å². The number of carbonyl (C=O) groups is 2. The van der Waals surface area contributed by atoms with Crippen molar-refractivity contribution in [3.63, 3.8) is 0 Å². The molecule has 5 nitrogen and oxygen atoms in total. The molecule has 0 spiro atoms. The van der Waals surface area contributed by atoms with Gasteiger partial charge in [-0.3, -0.25) is 4.79 Å². The van der Waals surface area contributed by atoms with Gasteiger partial charge in [0.25, 0.3) is 0 Å². The average molecular weight is 326 g/mol. The summed E-state index contributed by atoms with van der Waals surface area (Å²) >= 11 is 0. The van der Waals surface area contributed by atoms with Crippen LogP contribution in [-0.4, -0.2) is 37.5 Å². The van der Waals surface area contributed by atoms with Gasteiger partial charge in [0.15, 0.2) is 0 Å². The minimum atomic E-state index is -0.393. The molecule has 24 heavy (non-hydrogen) atoms. The van der Waals surface area contributed by atoms with Gasteiger partial charge in [-0.25, -0.2) is 4.79 Å². The number of esters is 1. The maximum Gasteiger partial charge on any atom is 0.337 e. The minimum absolute atomic E-state index is 0.0549. The zero-order valence-corrected chi connectivity index (χ0v) is 14.0. The number of ether oxygens (including phenoxy) is 1. The van der Waals surface area contributed by atoms with E-state index in [1.165, 1.54) is 12.7 Å². The number of nitrogens with one attached hydrogen (secondary N) is 1. The Hall–Kier alpha value is -2.66. The average Bonchev–Trinajstić information content (AvgIpc) is 2.61. The van der Waals surface area contributed by atoms with Crippen molar-refractivity contribution in [1.82, 2.24) is 4.90 Å². The molecule has 0 aliphatic carbocycles. The molecule has 126 valence electrons. The third-order valence-electron chi connectivity index (χ3n) is 3.61. The standard InChI is InChI=1S/C19H22N2O3/c1-21(14-15-6-4-3-5-7-15)13-12-18(22)20-17-10-8-16(9-11-17)19(23)24-2/h3-11H,12-14H2,1-2H3,(H,20,22). The van der Waals surface area contributed by atoms with E-state index in [2.05, 4.69) is 27.1 Å². The highest BCUT2D eigenvalue weighted by atomic mass is 16.5. The lowest BCUT2D eigenvalue weighted by Crippen LogP contribution is -2.24. The van der Waals surface area contributed by atoms with Crippen molar-refractivity contribution in [3.05, 3.63) is 65.7 Å². The quantitative estimate of drug-likeness (QED) is 0.795. The van der Waals surface area contributed by atoms with Gasteiger partial charge in [0.2, 0.25) is 5.91 Å². The van der Waals surface area contributed by atoms with E-state index in [0.29, 0.717) is 24.2 Å². The van der Waals surface area contributed by atoms with E-state index < -0.39 is 5.97 Å². The second-order valence-electron chi connectivity index (χ2n) is 5.59. The van der Waals surface area contributed by atoms with Crippen LogP contribution in [0.15, 0.2) is 54.6 Å². The van der Waals surface area contributed by atoms with E-state index >= 15 is 0 Å². The van der Waals surface area contributed by atoms with Crippen molar-refractivity contribution in [3.8, 4) is 0 Å². The van der Waals surface area contributed by atoms with Crippen molar-refractivity contribution in [2.75, 3.05) is 26.0 Å². The molecule has 0 saturated carbocycles. The number of rotatable bonds is 7. The number of anilines is 1. The predicted molar refractivity (Wildman–Crippen MR) is 93.8 cm³/mol. The van der Waals surface area contributed by atoms with Crippen LogP contribution < -0.4 is 5.32 Å². The van der Waals surface area contributed by atoms with Crippen LogP contribution in [0.2, 0.25) is 0 Å². The lowest BCUT2D eigenvalue weighted by atomic mass is 10.2. The molecule has 0 aliphatic heterocycles. The number of amides is 1. The van der Waals surface area contributed by atoms with E-state index in [0.717, 1.165) is 6.54 Å². The first kappa shape index (κ1) is 17.7. The highest BCUT2D eigenvalue weighted by Gasteiger charge is 2.08. The van der Waals surface area contributed by atoms with Gasteiger partial charge >= 0.3 is 5.97 Å². The lowest BCUT2D eigenvalue weighted by Gasteiger charge is -2.16. The van der Waals surface area contributed by atoms with E-state index in [-0.39, 0.29) is 5.91 Å². The Kier molecular flexibility index (Phi) is 6.51. The van der Waals surface area contributed by atoms with Crippen molar-refractivity contribution in [1.29, 1.82) is 0 Å². The second-order valence-corrected chi connectivity index (χ2v) is 5.59. The number of nitrogens with zero attached hydrogens (tertiary/aromatic N) is 1. The van der Waals surface area contributed by atoms with Gasteiger partial charge in [-0.2, -0.15) is 0 Å². The first-order valence-electron chi connectivity index (χ1n) is 7.79. The molecule has 2 aromatic rings. The summed E-state index contributed by atoms with van der Waals surface area (Å²) in [6.45, 7) is 1.48. The Morgan fingerprint density at radius 3 is 2.33 bits per heavy atom. The molecule has 0 aliphatic rings. The van der Waals surface area contributed by atoms with Gasteiger partial charge in [-0.15, -0.1) is 0 Å². The SMILES string of the molecule is COC(=O)c1ccc(NC(=O)CCN(C)Cc2ccccc2)cc1. The molecule has 0 saturated heterocycles. The Labute approximate surface area is 142 Å². The Bertz CT molecular complexity index is 669. The summed E-state index contributed by atoms with van der Waals surface area (Å²) in [6.07, 6.45) is 0.405. The summed E-state index contributed by atoms with van der Waals surface area (Å²) in [4.78, 5) is 25.5. The van der Waals surface area contributed by atoms with Gasteiger partial charge in [-0.1, -0.05) is 30.3 Å². The van der Waals surface area contributed by atoms with Gasteiger partial charge in [0, 0.05) is 25.2 Å². The molecule has 0 unspecified atom stereocenters. The van der Waals surface area contributed by atoms with Gasteiger partial charge in [-0.05, 0) is 36.9 Å². The highest BCUT2D eigenvalue weighted by Crippen LogP contribution is 2.11. The number of hydrogen-bond donors (Lipinski definition) is 1. The zero-order valence-electron chi connectivity index (χ0n) is 14.0. The van der Waals surface area contributed by atoms with Gasteiger partial charge in [0.05, 0.1) is 12.7 Å². The largest absolute Gasteiger partial charge is 0.465 e. The zero-order chi connectivity index (χ0) is 17.4. The number of carbonyl (C=O) groups excluding carboxylic acids is 2. The molecular weight excluding hydrogens is 304 g/mol. The molecule has 0 aromatic heterocycles. The van der Waals surface area contributed by atoms with Gasteiger partial charge in [0.1, 0.15) is 0 Å². The summed E-state index contributed by atoms with van der Waals surface area (Å²) in [5, 5.41) is 2.83. The van der Waals surface area contributed by atoms with Crippen LogP contribution >= 0.6 is 0 Å². The molecule has 0 bridgehead atoms. The maximum absolute atomic E-state index is 12.0. The van der Waals surface area contributed by atoms with Crippen LogP contribution in [0, 0.1) is 0 Å². The second kappa shape index (κ2) is 8.84. The van der Waals surface area contributed by atoms with Crippen LogP contribution in [-0.2, 0) is 16.1 Å². The number of methoxy groups -OCH3 is 1. The fraction of sp³-hybridized carbons (Fsp3) is 0.263. The molecule has 0 fully saturated rings. The van der Waals surface area contributed by atoms with Crippen molar-refractivity contribution in [2.24, 2.45) is 0 Å². The van der Waals surface area contributed by atoms with Crippen LogP contribution in [0.4, 0.5) is 5.69 Å². The van der Waals surface area contributed by atoms with Gasteiger partial charge < -0.3 is 15.0 Å². The van der Waals surface area contributed by atoms with E-state index in [1.54, 1.807) is 24.3 Å². The number of benzene rings is 2. The summed E-state index contributed by atoms with van der Waals surface area (Å²) < 4.78 is 4.64. The summed E-state index contributed by atoms with van der Waals surface area (Å²) in [7, 11) is 3.33. The molecule has 2 aromatic carbocycles. The molecule has 1 N–H and O–H groups in total. The summed E-state index contributed by atoms with van der Waals surface area (Å²) in [6, 6.07) is 16.8.